The molecule has 0 aliphatic rings. The number of thiophene rings is 1. The largest absolute Gasteiger partial charge is 0.448 e. The van der Waals surface area contributed by atoms with Gasteiger partial charge in [0, 0.05) is 0 Å². The molecule has 1 N–H and O–H groups in total. The van der Waals surface area contributed by atoms with E-state index in [4.69, 9.17) is 16.0 Å². The quantitative estimate of drug-likeness (QED) is 0.883. The van der Waals surface area contributed by atoms with Crippen molar-refractivity contribution in [2.75, 3.05) is 6.54 Å². The van der Waals surface area contributed by atoms with E-state index < -0.39 is 0 Å². The number of rotatable bonds is 4. The molecule has 0 saturated carbocycles. The predicted octanol–water partition coefficient (Wildman–Crippen LogP) is 3.69. The molecular weight excluding hydrogens is 230 g/mol. The Balaban J connectivity index is 2.27. The molecule has 2 aromatic heterocycles. The van der Waals surface area contributed by atoms with E-state index in [2.05, 4.69) is 29.1 Å². The van der Waals surface area contributed by atoms with Gasteiger partial charge in [-0.15, -0.1) is 0 Å². The molecule has 0 bridgehead atoms. The molecule has 0 aliphatic heterocycles. The third-order valence-electron chi connectivity index (χ3n) is 2.16. The van der Waals surface area contributed by atoms with Crippen LogP contribution in [0.1, 0.15) is 24.3 Å². The van der Waals surface area contributed by atoms with Gasteiger partial charge in [0.15, 0.2) is 5.22 Å². The number of furan rings is 1. The summed E-state index contributed by atoms with van der Waals surface area (Å²) in [6.07, 6.45) is 0. The molecule has 0 aromatic carbocycles. The lowest BCUT2D eigenvalue weighted by atomic mass is 10.1. The van der Waals surface area contributed by atoms with Crippen LogP contribution in [0.15, 0.2) is 33.4 Å². The molecule has 2 rings (SSSR count). The number of halogens is 1. The van der Waals surface area contributed by atoms with Gasteiger partial charge in [-0.25, -0.2) is 0 Å². The van der Waals surface area contributed by atoms with Gasteiger partial charge in [0.1, 0.15) is 5.76 Å². The van der Waals surface area contributed by atoms with Gasteiger partial charge in [0.25, 0.3) is 0 Å². The topological polar surface area (TPSA) is 25.2 Å². The van der Waals surface area contributed by atoms with Gasteiger partial charge in [-0.05, 0) is 52.7 Å². The van der Waals surface area contributed by atoms with Crippen LogP contribution in [0.2, 0.25) is 5.22 Å². The normalized spacial score (nSPS) is 12.9. The van der Waals surface area contributed by atoms with Gasteiger partial charge in [0.2, 0.25) is 0 Å². The van der Waals surface area contributed by atoms with E-state index in [1.165, 1.54) is 5.56 Å². The zero-order valence-electron chi connectivity index (χ0n) is 8.37. The first-order valence-electron chi connectivity index (χ1n) is 4.82. The summed E-state index contributed by atoms with van der Waals surface area (Å²) < 4.78 is 5.43. The average Bonchev–Trinajstić information content (AvgIpc) is 2.85. The number of nitrogens with one attached hydrogen (secondary N) is 1. The molecule has 2 nitrogen and oxygen atoms in total. The lowest BCUT2D eigenvalue weighted by molar-refractivity contribution is 0.454. The molecule has 15 heavy (non-hydrogen) atoms. The summed E-state index contributed by atoms with van der Waals surface area (Å²) in [5.74, 6) is 0.861. The molecular formula is C11H12ClNOS. The van der Waals surface area contributed by atoms with Crippen LogP contribution in [0.4, 0.5) is 0 Å². The number of hydrogen-bond donors (Lipinski definition) is 1. The lowest BCUT2D eigenvalue weighted by Gasteiger charge is -2.13. The SMILES string of the molecule is CCNC(c1ccsc1)c1ccc(Cl)o1. The Kier molecular flexibility index (Phi) is 3.46. The van der Waals surface area contributed by atoms with E-state index >= 15 is 0 Å². The first-order valence-corrected chi connectivity index (χ1v) is 6.14. The summed E-state index contributed by atoms with van der Waals surface area (Å²) in [4.78, 5) is 0. The highest BCUT2D eigenvalue weighted by molar-refractivity contribution is 7.08. The second-order valence-corrected chi connectivity index (χ2v) is 4.34. The van der Waals surface area contributed by atoms with Crippen LogP contribution in [0.3, 0.4) is 0 Å². The Morgan fingerprint density at radius 1 is 1.47 bits per heavy atom. The first-order chi connectivity index (χ1) is 7.31. The summed E-state index contributed by atoms with van der Waals surface area (Å²) in [5, 5.41) is 7.98. The van der Waals surface area contributed by atoms with Crippen LogP contribution < -0.4 is 5.32 Å². The summed E-state index contributed by atoms with van der Waals surface area (Å²) in [5.41, 5.74) is 1.22. The first kappa shape index (κ1) is 10.7. The lowest BCUT2D eigenvalue weighted by Crippen LogP contribution is -2.20. The van der Waals surface area contributed by atoms with Gasteiger partial charge in [0.05, 0.1) is 6.04 Å². The van der Waals surface area contributed by atoms with Crippen LogP contribution in [0.25, 0.3) is 0 Å². The van der Waals surface area contributed by atoms with Crippen molar-refractivity contribution in [2.24, 2.45) is 0 Å². The van der Waals surface area contributed by atoms with Gasteiger partial charge >= 0.3 is 0 Å². The van der Waals surface area contributed by atoms with E-state index in [0.717, 1.165) is 12.3 Å². The van der Waals surface area contributed by atoms with Crippen molar-refractivity contribution in [3.8, 4) is 0 Å². The maximum Gasteiger partial charge on any atom is 0.193 e. The van der Waals surface area contributed by atoms with E-state index in [-0.39, 0.29) is 6.04 Å². The summed E-state index contributed by atoms with van der Waals surface area (Å²) in [6, 6.07) is 5.88. The second kappa shape index (κ2) is 4.84. The zero-order valence-corrected chi connectivity index (χ0v) is 9.94. The smallest absolute Gasteiger partial charge is 0.193 e. The van der Waals surface area contributed by atoms with Gasteiger partial charge in [-0.1, -0.05) is 6.92 Å². The third-order valence-corrected chi connectivity index (χ3v) is 3.07. The number of hydrogen-bond acceptors (Lipinski definition) is 3. The minimum Gasteiger partial charge on any atom is -0.448 e. The van der Waals surface area contributed by atoms with Crippen molar-refractivity contribution < 1.29 is 4.42 Å². The molecule has 2 heterocycles. The average molecular weight is 242 g/mol. The molecule has 4 heteroatoms. The van der Waals surface area contributed by atoms with E-state index in [1.54, 1.807) is 17.4 Å². The van der Waals surface area contributed by atoms with Crippen LogP contribution in [-0.2, 0) is 0 Å². The van der Waals surface area contributed by atoms with Gasteiger partial charge in [-0.2, -0.15) is 11.3 Å². The summed E-state index contributed by atoms with van der Waals surface area (Å²) in [6.45, 7) is 2.96. The predicted molar refractivity (Wildman–Crippen MR) is 63.6 cm³/mol. The van der Waals surface area contributed by atoms with Crippen molar-refractivity contribution in [2.45, 2.75) is 13.0 Å². The summed E-state index contributed by atoms with van der Waals surface area (Å²) in [7, 11) is 0. The van der Waals surface area contributed by atoms with E-state index in [9.17, 15) is 0 Å². The highest BCUT2D eigenvalue weighted by Crippen LogP contribution is 2.27. The van der Waals surface area contributed by atoms with E-state index in [0.29, 0.717) is 5.22 Å². The van der Waals surface area contributed by atoms with Crippen molar-refractivity contribution in [3.63, 3.8) is 0 Å². The van der Waals surface area contributed by atoms with Crippen molar-refractivity contribution in [3.05, 3.63) is 45.5 Å². The van der Waals surface area contributed by atoms with Crippen LogP contribution in [0, 0.1) is 0 Å². The monoisotopic (exact) mass is 241 g/mol. The van der Waals surface area contributed by atoms with Crippen molar-refractivity contribution >= 4 is 22.9 Å². The minimum absolute atomic E-state index is 0.105. The Hall–Kier alpha value is -0.770. The summed E-state index contributed by atoms with van der Waals surface area (Å²) >= 11 is 7.45. The van der Waals surface area contributed by atoms with Crippen molar-refractivity contribution in [1.29, 1.82) is 0 Å². The fourth-order valence-electron chi connectivity index (χ4n) is 1.51. The molecule has 0 radical (unpaired) electrons. The van der Waals surface area contributed by atoms with Crippen LogP contribution in [0.5, 0.6) is 0 Å². The highest BCUT2D eigenvalue weighted by atomic mass is 35.5. The third kappa shape index (κ3) is 2.43. The molecule has 0 spiro atoms. The fraction of sp³-hybridized carbons (Fsp3) is 0.273. The molecule has 80 valence electrons. The Bertz CT molecular complexity index is 410. The van der Waals surface area contributed by atoms with Crippen LogP contribution in [-0.4, -0.2) is 6.54 Å². The van der Waals surface area contributed by atoms with E-state index in [1.807, 2.05) is 6.07 Å². The minimum atomic E-state index is 0.105. The van der Waals surface area contributed by atoms with Crippen molar-refractivity contribution in [1.82, 2.24) is 5.32 Å². The molecule has 0 amide bonds. The second-order valence-electron chi connectivity index (χ2n) is 3.19. The molecule has 1 atom stereocenters. The maximum atomic E-state index is 5.77. The zero-order chi connectivity index (χ0) is 10.7. The Labute approximate surface area is 97.9 Å². The van der Waals surface area contributed by atoms with Gasteiger partial charge < -0.3 is 9.73 Å². The van der Waals surface area contributed by atoms with Crippen LogP contribution >= 0.6 is 22.9 Å². The molecule has 0 fully saturated rings. The fourth-order valence-corrected chi connectivity index (χ4v) is 2.35. The Morgan fingerprint density at radius 3 is 2.87 bits per heavy atom. The standard InChI is InChI=1S/C11H12ClNOS/c1-2-13-11(8-5-6-15-7-8)9-3-4-10(12)14-9/h3-7,11,13H,2H2,1H3. The molecule has 2 aromatic rings. The molecule has 0 aliphatic carbocycles. The molecule has 0 saturated heterocycles. The highest BCUT2D eigenvalue weighted by Gasteiger charge is 2.16. The Morgan fingerprint density at radius 2 is 2.33 bits per heavy atom. The van der Waals surface area contributed by atoms with Gasteiger partial charge in [-0.3, -0.25) is 0 Å². The molecule has 1 unspecified atom stereocenters. The maximum absolute atomic E-state index is 5.77.